The van der Waals surface area contributed by atoms with Gasteiger partial charge in [0.1, 0.15) is 6.33 Å². The normalized spacial score (nSPS) is 10.7. The number of nitrogens with zero attached hydrogens (tertiary/aromatic N) is 3. The van der Waals surface area contributed by atoms with Crippen LogP contribution < -0.4 is 0 Å². The lowest BCUT2D eigenvalue weighted by Gasteiger charge is -1.99. The Morgan fingerprint density at radius 1 is 1.18 bits per heavy atom. The van der Waals surface area contributed by atoms with Crippen molar-refractivity contribution < 1.29 is 0 Å². The minimum atomic E-state index is 0.932. The number of hydrogen-bond acceptors (Lipinski definition) is 2. The lowest BCUT2D eigenvalue weighted by molar-refractivity contribution is 0.690. The third-order valence-corrected chi connectivity index (χ3v) is 3.16. The molecule has 0 bridgehead atoms. The van der Waals surface area contributed by atoms with Crippen LogP contribution >= 0.6 is 15.9 Å². The summed E-state index contributed by atoms with van der Waals surface area (Å²) in [4.78, 5) is 4.33. The van der Waals surface area contributed by atoms with Gasteiger partial charge in [-0.3, -0.25) is 0 Å². The Hall–Kier alpha value is -1.16. The summed E-state index contributed by atoms with van der Waals surface area (Å²) in [6.07, 6.45) is 6.39. The van der Waals surface area contributed by atoms with Gasteiger partial charge in [0.2, 0.25) is 0 Å². The lowest BCUT2D eigenvalue weighted by Crippen LogP contribution is -1.96. The molecule has 0 fully saturated rings. The minimum absolute atomic E-state index is 0.932. The van der Waals surface area contributed by atoms with Crippen LogP contribution in [-0.2, 0) is 6.42 Å². The van der Waals surface area contributed by atoms with E-state index in [-0.39, 0.29) is 0 Å². The smallest absolute Gasteiger partial charge is 0.151 e. The standard InChI is InChI=1S/C13H16BrN3/c1-2-3-4-5-13-15-10-17(16-13)12-8-6-11(14)7-9-12/h6-10H,2-5H2,1H3. The van der Waals surface area contributed by atoms with E-state index in [9.17, 15) is 0 Å². The van der Waals surface area contributed by atoms with Gasteiger partial charge in [-0.1, -0.05) is 35.7 Å². The zero-order valence-electron chi connectivity index (χ0n) is 9.93. The van der Waals surface area contributed by atoms with Crippen LogP contribution in [0.15, 0.2) is 35.1 Å². The molecule has 0 unspecified atom stereocenters. The third kappa shape index (κ3) is 3.40. The van der Waals surface area contributed by atoms with Crippen LogP contribution in [0.3, 0.4) is 0 Å². The van der Waals surface area contributed by atoms with E-state index in [4.69, 9.17) is 0 Å². The molecule has 1 aromatic heterocycles. The summed E-state index contributed by atoms with van der Waals surface area (Å²) in [7, 11) is 0. The monoisotopic (exact) mass is 293 g/mol. The Morgan fingerprint density at radius 2 is 1.94 bits per heavy atom. The minimum Gasteiger partial charge on any atom is -0.221 e. The van der Waals surface area contributed by atoms with E-state index in [1.165, 1.54) is 19.3 Å². The van der Waals surface area contributed by atoms with E-state index in [0.29, 0.717) is 0 Å². The molecule has 0 aliphatic heterocycles. The summed E-state index contributed by atoms with van der Waals surface area (Å²) >= 11 is 3.42. The van der Waals surface area contributed by atoms with E-state index in [1.54, 1.807) is 6.33 Å². The number of aryl methyl sites for hydroxylation is 1. The summed E-state index contributed by atoms with van der Waals surface area (Å²) in [5.41, 5.74) is 1.04. The van der Waals surface area contributed by atoms with Gasteiger partial charge < -0.3 is 0 Å². The number of unbranched alkanes of at least 4 members (excludes halogenated alkanes) is 2. The van der Waals surface area contributed by atoms with Gasteiger partial charge in [0.25, 0.3) is 0 Å². The Kier molecular flexibility index (Phi) is 4.31. The Labute approximate surface area is 110 Å². The molecule has 0 amide bonds. The van der Waals surface area contributed by atoms with Crippen molar-refractivity contribution in [3.05, 3.63) is 40.9 Å². The second-order valence-corrected chi connectivity index (χ2v) is 4.95. The molecule has 0 radical (unpaired) electrons. The molecule has 2 rings (SSSR count). The maximum absolute atomic E-state index is 4.47. The summed E-state index contributed by atoms with van der Waals surface area (Å²) in [6.45, 7) is 2.20. The van der Waals surface area contributed by atoms with Gasteiger partial charge in [0.05, 0.1) is 5.69 Å². The van der Waals surface area contributed by atoms with Gasteiger partial charge in [-0.25, -0.2) is 9.67 Å². The topological polar surface area (TPSA) is 30.7 Å². The maximum Gasteiger partial charge on any atom is 0.151 e. The van der Waals surface area contributed by atoms with Gasteiger partial charge >= 0.3 is 0 Å². The van der Waals surface area contributed by atoms with Crippen molar-refractivity contribution in [2.75, 3.05) is 0 Å². The fourth-order valence-electron chi connectivity index (χ4n) is 1.66. The SMILES string of the molecule is CCCCCc1ncn(-c2ccc(Br)cc2)n1. The predicted octanol–water partition coefficient (Wildman–Crippen LogP) is 3.76. The Balaban J connectivity index is 2.04. The summed E-state index contributed by atoms with van der Waals surface area (Å²) in [5, 5.41) is 4.47. The van der Waals surface area contributed by atoms with Gasteiger partial charge in [0, 0.05) is 10.9 Å². The van der Waals surface area contributed by atoms with Crippen molar-refractivity contribution in [1.82, 2.24) is 14.8 Å². The second-order valence-electron chi connectivity index (χ2n) is 4.04. The van der Waals surface area contributed by atoms with Crippen molar-refractivity contribution in [3.63, 3.8) is 0 Å². The quantitative estimate of drug-likeness (QED) is 0.786. The number of rotatable bonds is 5. The largest absolute Gasteiger partial charge is 0.221 e. The lowest BCUT2D eigenvalue weighted by atomic mass is 10.2. The molecule has 0 saturated heterocycles. The molecule has 0 saturated carbocycles. The molecule has 3 nitrogen and oxygen atoms in total. The molecule has 1 heterocycles. The van der Waals surface area contributed by atoms with Crippen LogP contribution in [0.5, 0.6) is 0 Å². The molecule has 0 N–H and O–H groups in total. The first-order valence-corrected chi connectivity index (χ1v) is 6.75. The average molecular weight is 294 g/mol. The highest BCUT2D eigenvalue weighted by molar-refractivity contribution is 9.10. The van der Waals surface area contributed by atoms with Gasteiger partial charge in [-0.15, -0.1) is 0 Å². The molecule has 2 aromatic rings. The highest BCUT2D eigenvalue weighted by Crippen LogP contribution is 2.13. The van der Waals surface area contributed by atoms with Gasteiger partial charge in [-0.05, 0) is 30.7 Å². The molecule has 0 atom stereocenters. The van der Waals surface area contributed by atoms with E-state index < -0.39 is 0 Å². The zero-order chi connectivity index (χ0) is 12.1. The molecular formula is C13H16BrN3. The highest BCUT2D eigenvalue weighted by atomic mass is 79.9. The maximum atomic E-state index is 4.47. The number of benzene rings is 1. The molecule has 0 spiro atoms. The zero-order valence-corrected chi connectivity index (χ0v) is 11.5. The van der Waals surface area contributed by atoms with Crippen LogP contribution in [0.25, 0.3) is 5.69 Å². The molecular weight excluding hydrogens is 278 g/mol. The summed E-state index contributed by atoms with van der Waals surface area (Å²) in [5.74, 6) is 0.932. The van der Waals surface area contributed by atoms with Crippen molar-refractivity contribution >= 4 is 15.9 Å². The predicted molar refractivity (Wildman–Crippen MR) is 72.3 cm³/mol. The van der Waals surface area contributed by atoms with Gasteiger partial charge in [0.15, 0.2) is 5.82 Å². The molecule has 1 aromatic carbocycles. The van der Waals surface area contributed by atoms with Gasteiger partial charge in [-0.2, -0.15) is 5.10 Å². The first kappa shape index (κ1) is 12.3. The first-order valence-electron chi connectivity index (χ1n) is 5.96. The molecule has 4 heteroatoms. The third-order valence-electron chi connectivity index (χ3n) is 2.63. The van der Waals surface area contributed by atoms with Crippen molar-refractivity contribution in [1.29, 1.82) is 0 Å². The van der Waals surface area contributed by atoms with E-state index in [2.05, 4.69) is 32.9 Å². The van der Waals surface area contributed by atoms with E-state index in [0.717, 1.165) is 22.4 Å². The van der Waals surface area contributed by atoms with Crippen LogP contribution in [0, 0.1) is 0 Å². The molecule has 0 aliphatic rings. The highest BCUT2D eigenvalue weighted by Gasteiger charge is 2.02. The molecule has 17 heavy (non-hydrogen) atoms. The fraction of sp³-hybridized carbons (Fsp3) is 0.385. The van der Waals surface area contributed by atoms with Crippen LogP contribution in [0.1, 0.15) is 32.0 Å². The molecule has 0 aliphatic carbocycles. The average Bonchev–Trinajstić information content (AvgIpc) is 2.79. The fourth-order valence-corrected chi connectivity index (χ4v) is 1.93. The molecule has 90 valence electrons. The Morgan fingerprint density at radius 3 is 2.65 bits per heavy atom. The first-order chi connectivity index (χ1) is 8.29. The number of halogens is 1. The van der Waals surface area contributed by atoms with Crippen molar-refractivity contribution in [3.8, 4) is 5.69 Å². The van der Waals surface area contributed by atoms with E-state index >= 15 is 0 Å². The number of hydrogen-bond donors (Lipinski definition) is 0. The Bertz CT molecular complexity index is 462. The van der Waals surface area contributed by atoms with Crippen LogP contribution in [0.4, 0.5) is 0 Å². The van der Waals surface area contributed by atoms with Crippen molar-refractivity contribution in [2.24, 2.45) is 0 Å². The summed E-state index contributed by atoms with van der Waals surface area (Å²) in [6, 6.07) is 8.06. The second kappa shape index (κ2) is 5.96. The van der Waals surface area contributed by atoms with Crippen LogP contribution in [-0.4, -0.2) is 14.8 Å². The number of aromatic nitrogens is 3. The van der Waals surface area contributed by atoms with Crippen molar-refractivity contribution in [2.45, 2.75) is 32.6 Å². The van der Waals surface area contributed by atoms with E-state index in [1.807, 2.05) is 28.9 Å². The summed E-state index contributed by atoms with van der Waals surface area (Å²) < 4.78 is 2.90. The van der Waals surface area contributed by atoms with Crippen LogP contribution in [0.2, 0.25) is 0 Å².